The van der Waals surface area contributed by atoms with Gasteiger partial charge in [0.15, 0.2) is 0 Å². The third-order valence-corrected chi connectivity index (χ3v) is 6.99. The van der Waals surface area contributed by atoms with Gasteiger partial charge in [0.2, 0.25) is 0 Å². The second kappa shape index (κ2) is 11.0. The van der Waals surface area contributed by atoms with Gasteiger partial charge in [0, 0.05) is 36.7 Å². The molecule has 1 aromatic carbocycles. The van der Waals surface area contributed by atoms with Gasteiger partial charge in [-0.3, -0.25) is 15.0 Å². The zero-order chi connectivity index (χ0) is 28.5. The van der Waals surface area contributed by atoms with Crippen molar-refractivity contribution in [2.45, 2.75) is 66.6 Å². The molecule has 1 aliphatic rings. The standard InChI is InChI=1S/C30H37FN6O2/c1-18-12-24(29(39)37(20(18)3)17-30(4,5)6)28(38)35-23-14-25(21-8-7-9-22(31)13-21)36(16-23)26(32)10-11-27-33-15-19(2)34-27/h7-13,15,23,25,32H,14,16-17H2,1-6H3,(H,33,34)(H,35,38)/b11-10-,32-26?/t23?,25-/m1/s1. The summed E-state index contributed by atoms with van der Waals surface area (Å²) in [7, 11) is 0. The second-order valence-electron chi connectivity index (χ2n) is 11.6. The van der Waals surface area contributed by atoms with Crippen LogP contribution in [0.25, 0.3) is 6.08 Å². The maximum atomic E-state index is 14.1. The van der Waals surface area contributed by atoms with E-state index in [0.29, 0.717) is 25.3 Å². The van der Waals surface area contributed by atoms with Crippen LogP contribution in [0.15, 0.2) is 47.4 Å². The highest BCUT2D eigenvalue weighted by atomic mass is 19.1. The topological polar surface area (TPSA) is 107 Å². The Balaban J connectivity index is 1.59. The van der Waals surface area contributed by atoms with Gasteiger partial charge in [-0.05, 0) is 74.1 Å². The van der Waals surface area contributed by atoms with Crippen LogP contribution in [0.2, 0.25) is 0 Å². The van der Waals surface area contributed by atoms with E-state index < -0.39 is 5.91 Å². The number of amidine groups is 1. The SMILES string of the molecule is Cc1cnc(/C=C\C(=N)N2CC(NC(=O)c3cc(C)c(C)n(CC(C)(C)C)c3=O)C[C@@H]2c2cccc(F)c2)[nH]1. The fourth-order valence-corrected chi connectivity index (χ4v) is 4.99. The van der Waals surface area contributed by atoms with Crippen LogP contribution >= 0.6 is 0 Å². The summed E-state index contributed by atoms with van der Waals surface area (Å²) in [4.78, 5) is 35.9. The number of benzene rings is 1. The largest absolute Gasteiger partial charge is 0.348 e. The van der Waals surface area contributed by atoms with Crippen LogP contribution in [0.3, 0.4) is 0 Å². The van der Waals surface area contributed by atoms with Crippen molar-refractivity contribution in [3.05, 3.63) is 92.7 Å². The number of imidazole rings is 1. The summed E-state index contributed by atoms with van der Waals surface area (Å²) < 4.78 is 15.8. The highest BCUT2D eigenvalue weighted by Crippen LogP contribution is 2.33. The molecule has 3 aromatic rings. The minimum atomic E-state index is -0.441. The zero-order valence-corrected chi connectivity index (χ0v) is 23.4. The van der Waals surface area contributed by atoms with E-state index in [0.717, 1.165) is 22.5 Å². The smallest absolute Gasteiger partial charge is 0.263 e. The van der Waals surface area contributed by atoms with E-state index >= 15 is 0 Å². The Hall–Kier alpha value is -4.01. The molecular weight excluding hydrogens is 495 g/mol. The summed E-state index contributed by atoms with van der Waals surface area (Å²) in [5, 5.41) is 11.8. The molecule has 2 aromatic heterocycles. The Morgan fingerprint density at radius 3 is 2.64 bits per heavy atom. The van der Waals surface area contributed by atoms with Crippen LogP contribution in [0, 0.1) is 37.4 Å². The number of pyridine rings is 1. The first-order valence-corrected chi connectivity index (χ1v) is 13.1. The van der Waals surface area contributed by atoms with E-state index in [2.05, 4.69) is 36.1 Å². The molecule has 3 heterocycles. The Kier molecular flexibility index (Phi) is 7.90. The highest BCUT2D eigenvalue weighted by Gasteiger charge is 2.35. The summed E-state index contributed by atoms with van der Waals surface area (Å²) in [6.45, 7) is 12.7. The van der Waals surface area contributed by atoms with Gasteiger partial charge in [-0.1, -0.05) is 32.9 Å². The monoisotopic (exact) mass is 532 g/mol. The van der Waals surface area contributed by atoms with Crippen molar-refractivity contribution in [2.24, 2.45) is 5.41 Å². The van der Waals surface area contributed by atoms with Gasteiger partial charge >= 0.3 is 0 Å². The molecule has 39 heavy (non-hydrogen) atoms. The van der Waals surface area contributed by atoms with Crippen molar-refractivity contribution >= 4 is 17.8 Å². The van der Waals surface area contributed by atoms with Crippen molar-refractivity contribution in [2.75, 3.05) is 6.54 Å². The molecule has 3 N–H and O–H groups in total. The number of hydrogen-bond donors (Lipinski definition) is 3. The van der Waals surface area contributed by atoms with Gasteiger partial charge in [-0.2, -0.15) is 0 Å². The third kappa shape index (κ3) is 6.53. The van der Waals surface area contributed by atoms with Crippen LogP contribution in [-0.4, -0.2) is 43.8 Å². The number of halogens is 1. The maximum Gasteiger partial charge on any atom is 0.263 e. The number of nitrogens with zero attached hydrogens (tertiary/aromatic N) is 3. The number of likely N-dealkylation sites (tertiary alicyclic amines) is 1. The van der Waals surface area contributed by atoms with Gasteiger partial charge in [0.1, 0.15) is 23.0 Å². The molecule has 4 rings (SSSR count). The molecule has 0 saturated carbocycles. The molecule has 0 spiro atoms. The molecule has 0 aliphatic carbocycles. The Morgan fingerprint density at radius 1 is 1.26 bits per heavy atom. The van der Waals surface area contributed by atoms with Crippen molar-refractivity contribution in [1.82, 2.24) is 24.8 Å². The number of aromatic amines is 1. The molecule has 8 nitrogen and oxygen atoms in total. The van der Waals surface area contributed by atoms with E-state index in [9.17, 15) is 14.0 Å². The molecule has 206 valence electrons. The predicted molar refractivity (Wildman–Crippen MR) is 151 cm³/mol. The number of amides is 1. The first-order valence-electron chi connectivity index (χ1n) is 13.1. The van der Waals surface area contributed by atoms with E-state index in [-0.39, 0.29) is 40.3 Å². The van der Waals surface area contributed by atoms with Gasteiger partial charge in [-0.15, -0.1) is 0 Å². The molecule has 0 radical (unpaired) electrons. The Morgan fingerprint density at radius 2 is 2.00 bits per heavy atom. The first kappa shape index (κ1) is 28.0. The van der Waals surface area contributed by atoms with Crippen LogP contribution < -0.4 is 10.9 Å². The Bertz CT molecular complexity index is 1480. The fourth-order valence-electron chi connectivity index (χ4n) is 4.99. The lowest BCUT2D eigenvalue weighted by molar-refractivity contribution is 0.0936. The lowest BCUT2D eigenvalue weighted by atomic mass is 9.96. The van der Waals surface area contributed by atoms with Crippen molar-refractivity contribution in [3.63, 3.8) is 0 Å². The van der Waals surface area contributed by atoms with Gasteiger partial charge in [0.05, 0.1) is 6.04 Å². The molecular formula is C30H37FN6O2. The molecule has 1 fully saturated rings. The molecule has 9 heteroatoms. The number of carbonyl (C=O) groups is 1. The van der Waals surface area contributed by atoms with Crippen LogP contribution in [-0.2, 0) is 6.54 Å². The zero-order valence-electron chi connectivity index (χ0n) is 23.4. The number of rotatable bonds is 6. The third-order valence-electron chi connectivity index (χ3n) is 6.99. The quantitative estimate of drug-likeness (QED) is 0.310. The number of aromatic nitrogens is 3. The predicted octanol–water partition coefficient (Wildman–Crippen LogP) is 4.92. The highest BCUT2D eigenvalue weighted by molar-refractivity contribution is 5.95. The lowest BCUT2D eigenvalue weighted by Gasteiger charge is -2.25. The normalized spacial score (nSPS) is 17.7. The summed E-state index contributed by atoms with van der Waals surface area (Å²) in [5.74, 6) is 0.0463. The Labute approximate surface area is 228 Å². The molecule has 1 unspecified atom stereocenters. The number of aryl methyl sites for hydroxylation is 2. The average Bonchev–Trinajstić information content (AvgIpc) is 3.48. The van der Waals surface area contributed by atoms with Crippen LogP contribution in [0.5, 0.6) is 0 Å². The summed E-state index contributed by atoms with van der Waals surface area (Å²) in [6, 6.07) is 7.30. The van der Waals surface area contributed by atoms with Gasteiger partial charge in [-0.25, -0.2) is 9.37 Å². The van der Waals surface area contributed by atoms with Crippen molar-refractivity contribution < 1.29 is 9.18 Å². The molecule has 0 bridgehead atoms. The molecule has 2 atom stereocenters. The van der Waals surface area contributed by atoms with Crippen molar-refractivity contribution in [1.29, 1.82) is 5.41 Å². The van der Waals surface area contributed by atoms with E-state index in [1.54, 1.807) is 35.0 Å². The minimum absolute atomic E-state index is 0.103. The van der Waals surface area contributed by atoms with Gasteiger partial charge < -0.3 is 19.8 Å². The second-order valence-corrected chi connectivity index (χ2v) is 11.6. The average molecular weight is 533 g/mol. The summed E-state index contributed by atoms with van der Waals surface area (Å²) >= 11 is 0. The number of H-pyrrole nitrogens is 1. The number of hydrogen-bond acceptors (Lipinski definition) is 4. The molecule has 1 saturated heterocycles. The van der Waals surface area contributed by atoms with E-state index in [1.807, 2.05) is 31.7 Å². The number of carbonyl (C=O) groups excluding carboxylic acids is 1. The summed E-state index contributed by atoms with van der Waals surface area (Å²) in [5.41, 5.74) is 3.00. The van der Waals surface area contributed by atoms with E-state index in [1.165, 1.54) is 12.1 Å². The minimum Gasteiger partial charge on any atom is -0.348 e. The molecule has 1 amide bonds. The first-order chi connectivity index (χ1) is 18.3. The van der Waals surface area contributed by atoms with E-state index in [4.69, 9.17) is 5.41 Å². The van der Waals surface area contributed by atoms with Crippen LogP contribution in [0.1, 0.15) is 71.9 Å². The molecule has 1 aliphatic heterocycles. The summed E-state index contributed by atoms with van der Waals surface area (Å²) in [6.07, 6.45) is 5.54. The van der Waals surface area contributed by atoms with Crippen LogP contribution in [0.4, 0.5) is 4.39 Å². The lowest BCUT2D eigenvalue weighted by Crippen LogP contribution is -2.42. The van der Waals surface area contributed by atoms with Gasteiger partial charge in [0.25, 0.3) is 11.5 Å². The van der Waals surface area contributed by atoms with Crippen molar-refractivity contribution in [3.8, 4) is 0 Å². The maximum absolute atomic E-state index is 14.1. The number of nitrogens with one attached hydrogen (secondary N) is 3. The fraction of sp³-hybridized carbons (Fsp3) is 0.400.